The van der Waals surface area contributed by atoms with Crippen LogP contribution in [0.15, 0.2) is 23.1 Å². The number of anilines is 2. The van der Waals surface area contributed by atoms with Gasteiger partial charge in [0.15, 0.2) is 11.5 Å². The average Bonchev–Trinajstić information content (AvgIpc) is 2.79. The van der Waals surface area contributed by atoms with Crippen LogP contribution in [0, 0.1) is 0 Å². The summed E-state index contributed by atoms with van der Waals surface area (Å²) in [6.45, 7) is 3.40. The lowest BCUT2D eigenvalue weighted by Gasteiger charge is -2.15. The number of nitrogens with two attached hydrogens (primary N) is 1. The summed E-state index contributed by atoms with van der Waals surface area (Å²) in [5, 5.41) is 0.0266. The van der Waals surface area contributed by atoms with Crippen LogP contribution in [0.3, 0.4) is 0 Å². The number of rotatable bonds is 4. The number of hydrogen-bond acceptors (Lipinski definition) is 8. The minimum Gasteiger partial charge on any atom is -0.490 e. The molecule has 2 aromatic rings. The first kappa shape index (κ1) is 16.6. The lowest BCUT2D eigenvalue weighted by Crippen LogP contribution is -2.16. The summed E-state index contributed by atoms with van der Waals surface area (Å²) in [5.74, 6) is 3.03. The van der Waals surface area contributed by atoms with E-state index in [1.54, 1.807) is 11.8 Å². The fourth-order valence-corrected chi connectivity index (χ4v) is 3.19. The SMILES string of the molecule is C[C@H](Sc1ccc2c(c1)OCCCO2)c1nc(N)nc(N(C)C)n1. The standard InChI is InChI=1S/C16H21N5O2S/c1-10(14-18-15(17)20-16(19-14)21(2)3)24-11-5-6-12-13(9-11)23-8-4-7-22-12/h5-6,9-10H,4,7-8H2,1-3H3,(H2,17,18,19,20)/t10-/m0/s1. The van der Waals surface area contributed by atoms with Crippen LogP contribution in [0.1, 0.15) is 24.4 Å². The van der Waals surface area contributed by atoms with E-state index in [9.17, 15) is 0 Å². The van der Waals surface area contributed by atoms with Gasteiger partial charge in [0.1, 0.15) is 5.82 Å². The van der Waals surface area contributed by atoms with E-state index in [0.29, 0.717) is 25.0 Å². The zero-order chi connectivity index (χ0) is 17.1. The monoisotopic (exact) mass is 347 g/mol. The molecule has 1 aromatic heterocycles. The Morgan fingerprint density at radius 1 is 1.12 bits per heavy atom. The zero-order valence-corrected chi connectivity index (χ0v) is 14.8. The van der Waals surface area contributed by atoms with Gasteiger partial charge in [-0.2, -0.15) is 15.0 Å². The highest BCUT2D eigenvalue weighted by atomic mass is 32.2. The first-order valence-electron chi connectivity index (χ1n) is 7.78. The molecule has 1 aliphatic heterocycles. The van der Waals surface area contributed by atoms with Crippen molar-refractivity contribution in [1.82, 2.24) is 15.0 Å². The number of benzene rings is 1. The Morgan fingerprint density at radius 2 is 1.88 bits per heavy atom. The quantitative estimate of drug-likeness (QED) is 0.845. The van der Waals surface area contributed by atoms with E-state index in [2.05, 4.69) is 15.0 Å². The maximum Gasteiger partial charge on any atom is 0.229 e. The second-order valence-corrected chi connectivity index (χ2v) is 7.08. The van der Waals surface area contributed by atoms with Crippen molar-refractivity contribution in [3.05, 3.63) is 24.0 Å². The Morgan fingerprint density at radius 3 is 2.62 bits per heavy atom. The van der Waals surface area contributed by atoms with Crippen molar-refractivity contribution < 1.29 is 9.47 Å². The Labute approximate surface area is 145 Å². The Bertz CT molecular complexity index is 726. The first-order valence-corrected chi connectivity index (χ1v) is 8.66. The van der Waals surface area contributed by atoms with E-state index in [1.807, 2.05) is 44.1 Å². The van der Waals surface area contributed by atoms with Crippen LogP contribution in [-0.2, 0) is 0 Å². The molecule has 1 aromatic carbocycles. The summed E-state index contributed by atoms with van der Waals surface area (Å²) < 4.78 is 11.4. The molecule has 0 bridgehead atoms. The number of fused-ring (bicyclic) bond motifs is 1. The molecule has 0 fully saturated rings. The molecule has 0 spiro atoms. The van der Waals surface area contributed by atoms with Gasteiger partial charge in [-0.3, -0.25) is 0 Å². The number of ether oxygens (including phenoxy) is 2. The van der Waals surface area contributed by atoms with Crippen molar-refractivity contribution in [3.8, 4) is 11.5 Å². The third-order valence-electron chi connectivity index (χ3n) is 3.45. The predicted molar refractivity (Wildman–Crippen MR) is 94.9 cm³/mol. The van der Waals surface area contributed by atoms with Crippen molar-refractivity contribution >= 4 is 23.7 Å². The van der Waals surface area contributed by atoms with Crippen LogP contribution >= 0.6 is 11.8 Å². The summed E-state index contributed by atoms with van der Waals surface area (Å²) >= 11 is 1.64. The molecule has 2 N–H and O–H groups in total. The van der Waals surface area contributed by atoms with Crippen molar-refractivity contribution in [2.24, 2.45) is 0 Å². The van der Waals surface area contributed by atoms with Crippen molar-refractivity contribution in [1.29, 1.82) is 0 Å². The van der Waals surface area contributed by atoms with Crippen molar-refractivity contribution in [2.45, 2.75) is 23.5 Å². The normalized spacial score (nSPS) is 14.8. The summed E-state index contributed by atoms with van der Waals surface area (Å²) in [6, 6.07) is 5.97. The molecule has 24 heavy (non-hydrogen) atoms. The summed E-state index contributed by atoms with van der Waals surface area (Å²) in [4.78, 5) is 15.8. The fourth-order valence-electron chi connectivity index (χ4n) is 2.25. The molecule has 2 heterocycles. The minimum atomic E-state index is 0.0266. The van der Waals surface area contributed by atoms with E-state index in [-0.39, 0.29) is 11.2 Å². The van der Waals surface area contributed by atoms with Gasteiger partial charge in [-0.15, -0.1) is 11.8 Å². The first-order chi connectivity index (χ1) is 11.5. The van der Waals surface area contributed by atoms with Crippen LogP contribution in [-0.4, -0.2) is 42.3 Å². The average molecular weight is 347 g/mol. The molecule has 0 saturated carbocycles. The lowest BCUT2D eigenvalue weighted by molar-refractivity contribution is 0.297. The lowest BCUT2D eigenvalue weighted by atomic mass is 10.3. The number of thioether (sulfide) groups is 1. The second kappa shape index (κ2) is 7.12. The van der Waals surface area contributed by atoms with Gasteiger partial charge in [0.05, 0.1) is 18.5 Å². The summed E-state index contributed by atoms with van der Waals surface area (Å²) in [5.41, 5.74) is 5.80. The van der Waals surface area contributed by atoms with E-state index in [0.717, 1.165) is 22.8 Å². The molecule has 0 unspecified atom stereocenters. The van der Waals surface area contributed by atoms with Crippen LogP contribution in [0.5, 0.6) is 11.5 Å². The molecule has 128 valence electrons. The maximum atomic E-state index is 5.80. The van der Waals surface area contributed by atoms with Gasteiger partial charge in [-0.1, -0.05) is 0 Å². The molecule has 0 saturated heterocycles. The van der Waals surface area contributed by atoms with Gasteiger partial charge >= 0.3 is 0 Å². The van der Waals surface area contributed by atoms with Gasteiger partial charge in [0.2, 0.25) is 11.9 Å². The van der Waals surface area contributed by atoms with Gasteiger partial charge in [0.25, 0.3) is 0 Å². The van der Waals surface area contributed by atoms with Crippen LogP contribution in [0.2, 0.25) is 0 Å². The number of aromatic nitrogens is 3. The number of nitrogen functional groups attached to an aromatic ring is 1. The minimum absolute atomic E-state index is 0.0266. The molecule has 7 nitrogen and oxygen atoms in total. The Kier molecular flexibility index (Phi) is 4.94. The Hall–Kier alpha value is -2.22. The molecule has 0 amide bonds. The van der Waals surface area contributed by atoms with E-state index in [4.69, 9.17) is 15.2 Å². The van der Waals surface area contributed by atoms with E-state index in [1.165, 1.54) is 0 Å². The van der Waals surface area contributed by atoms with Gasteiger partial charge in [-0.25, -0.2) is 0 Å². The third kappa shape index (κ3) is 3.81. The largest absolute Gasteiger partial charge is 0.490 e. The highest BCUT2D eigenvalue weighted by molar-refractivity contribution is 7.99. The van der Waals surface area contributed by atoms with E-state index < -0.39 is 0 Å². The molecule has 8 heteroatoms. The molecule has 1 atom stereocenters. The van der Waals surface area contributed by atoms with Crippen LogP contribution < -0.4 is 20.1 Å². The zero-order valence-electron chi connectivity index (χ0n) is 14.0. The molecule has 0 radical (unpaired) electrons. The van der Waals surface area contributed by atoms with E-state index >= 15 is 0 Å². The topological polar surface area (TPSA) is 86.4 Å². The van der Waals surface area contributed by atoms with Crippen LogP contribution in [0.4, 0.5) is 11.9 Å². The summed E-state index contributed by atoms with van der Waals surface area (Å²) in [6.07, 6.45) is 0.894. The molecular weight excluding hydrogens is 326 g/mol. The fraction of sp³-hybridized carbons (Fsp3) is 0.438. The highest BCUT2D eigenvalue weighted by Crippen LogP contribution is 2.39. The number of nitrogens with zero attached hydrogens (tertiary/aromatic N) is 4. The van der Waals surface area contributed by atoms with Crippen molar-refractivity contribution in [2.75, 3.05) is 37.9 Å². The summed E-state index contributed by atoms with van der Waals surface area (Å²) in [7, 11) is 3.75. The van der Waals surface area contributed by atoms with Gasteiger partial charge < -0.3 is 20.1 Å². The molecule has 0 aliphatic carbocycles. The Balaban J connectivity index is 1.80. The highest BCUT2D eigenvalue weighted by Gasteiger charge is 2.17. The number of hydrogen-bond donors (Lipinski definition) is 1. The molecule has 3 rings (SSSR count). The third-order valence-corrected chi connectivity index (χ3v) is 4.54. The van der Waals surface area contributed by atoms with Crippen molar-refractivity contribution in [3.63, 3.8) is 0 Å². The van der Waals surface area contributed by atoms with Gasteiger partial charge in [-0.05, 0) is 25.1 Å². The van der Waals surface area contributed by atoms with Gasteiger partial charge in [0, 0.05) is 25.4 Å². The molecule has 1 aliphatic rings. The second-order valence-electron chi connectivity index (χ2n) is 5.67. The maximum absolute atomic E-state index is 5.80. The predicted octanol–water partition coefficient (Wildman–Crippen LogP) is 2.53. The smallest absolute Gasteiger partial charge is 0.229 e. The molecular formula is C16H21N5O2S. The van der Waals surface area contributed by atoms with Crippen LogP contribution in [0.25, 0.3) is 0 Å².